The number of nitriles is 1. The third-order valence-electron chi connectivity index (χ3n) is 7.92. The van der Waals surface area contributed by atoms with Crippen molar-refractivity contribution in [2.24, 2.45) is 11.8 Å². The first-order valence-corrected chi connectivity index (χ1v) is 15.3. The van der Waals surface area contributed by atoms with Gasteiger partial charge in [0.05, 0.1) is 22.3 Å². The minimum Gasteiger partial charge on any atom is -0.342 e. The van der Waals surface area contributed by atoms with Crippen molar-refractivity contribution < 1.29 is 13.2 Å². The molecule has 0 unspecified atom stereocenters. The van der Waals surface area contributed by atoms with Crippen LogP contribution in [0.2, 0.25) is 0 Å². The molecule has 1 saturated carbocycles. The number of rotatable bonds is 8. The van der Waals surface area contributed by atoms with Crippen LogP contribution in [0.15, 0.2) is 66.7 Å². The van der Waals surface area contributed by atoms with E-state index in [1.807, 2.05) is 59.5 Å². The van der Waals surface area contributed by atoms with E-state index in [1.54, 1.807) is 12.1 Å². The second-order valence-corrected chi connectivity index (χ2v) is 13.0. The van der Waals surface area contributed by atoms with Crippen LogP contribution in [0, 0.1) is 23.2 Å². The number of carbonyl (C=O) groups excluding carboxylic acids is 1. The SMILES string of the molecule is CN(C)S(=O)(=O)Nc1cccc(-c2ccc(-c3nc4cccc(C#N)c4n3C[C@@H]3CCN(C(=O)C4CC4)C3)cc2)c1. The highest BCUT2D eigenvalue weighted by Crippen LogP contribution is 2.35. The first kappa shape index (κ1) is 27.0. The van der Waals surface area contributed by atoms with E-state index in [4.69, 9.17) is 4.98 Å². The molecule has 1 aromatic heterocycles. The summed E-state index contributed by atoms with van der Waals surface area (Å²) >= 11 is 0. The zero-order valence-corrected chi connectivity index (χ0v) is 23.9. The monoisotopic (exact) mass is 568 g/mol. The van der Waals surface area contributed by atoms with Crippen molar-refractivity contribution in [1.29, 1.82) is 5.26 Å². The number of nitrogens with one attached hydrogen (secondary N) is 1. The van der Waals surface area contributed by atoms with Gasteiger partial charge in [0.25, 0.3) is 0 Å². The number of carbonyl (C=O) groups is 1. The lowest BCUT2D eigenvalue weighted by atomic mass is 10.0. The Morgan fingerprint density at radius 3 is 2.46 bits per heavy atom. The molecule has 1 aliphatic carbocycles. The zero-order valence-electron chi connectivity index (χ0n) is 23.1. The number of hydrogen-bond donors (Lipinski definition) is 1. The van der Waals surface area contributed by atoms with Gasteiger partial charge in [-0.15, -0.1) is 0 Å². The molecule has 4 aromatic rings. The lowest BCUT2D eigenvalue weighted by molar-refractivity contribution is -0.131. The summed E-state index contributed by atoms with van der Waals surface area (Å²) in [7, 11) is -0.648. The molecule has 210 valence electrons. The van der Waals surface area contributed by atoms with Crippen LogP contribution in [0.1, 0.15) is 24.8 Å². The summed E-state index contributed by atoms with van der Waals surface area (Å²) in [5, 5.41) is 9.88. The molecule has 0 bridgehead atoms. The van der Waals surface area contributed by atoms with Crippen LogP contribution in [-0.4, -0.2) is 60.3 Å². The summed E-state index contributed by atoms with van der Waals surface area (Å²) in [5.41, 5.74) is 5.39. The highest BCUT2D eigenvalue weighted by atomic mass is 32.2. The smallest absolute Gasteiger partial charge is 0.301 e. The molecule has 1 aliphatic heterocycles. The molecule has 6 rings (SSSR count). The minimum absolute atomic E-state index is 0.218. The zero-order chi connectivity index (χ0) is 28.7. The number of hydrogen-bond acceptors (Lipinski definition) is 5. The van der Waals surface area contributed by atoms with E-state index in [0.717, 1.165) is 70.2 Å². The maximum Gasteiger partial charge on any atom is 0.301 e. The molecule has 2 fully saturated rings. The maximum absolute atomic E-state index is 12.7. The summed E-state index contributed by atoms with van der Waals surface area (Å²) in [4.78, 5) is 19.6. The Morgan fingerprint density at radius 2 is 1.76 bits per heavy atom. The van der Waals surface area contributed by atoms with Gasteiger partial charge in [0.2, 0.25) is 5.91 Å². The number of para-hydroxylation sites is 1. The van der Waals surface area contributed by atoms with Gasteiger partial charge in [0.15, 0.2) is 0 Å². The van der Waals surface area contributed by atoms with Gasteiger partial charge in [-0.3, -0.25) is 9.52 Å². The fraction of sp³-hybridized carbons (Fsp3) is 0.323. The van der Waals surface area contributed by atoms with Crippen LogP contribution in [0.25, 0.3) is 33.5 Å². The van der Waals surface area contributed by atoms with E-state index in [1.165, 1.54) is 14.1 Å². The molecule has 2 aliphatic rings. The van der Waals surface area contributed by atoms with E-state index >= 15 is 0 Å². The van der Waals surface area contributed by atoms with Crippen LogP contribution in [0.5, 0.6) is 0 Å². The van der Waals surface area contributed by atoms with Gasteiger partial charge in [-0.1, -0.05) is 42.5 Å². The van der Waals surface area contributed by atoms with Crippen molar-refractivity contribution in [2.75, 3.05) is 31.9 Å². The number of anilines is 1. The predicted molar refractivity (Wildman–Crippen MR) is 159 cm³/mol. The fourth-order valence-electron chi connectivity index (χ4n) is 5.52. The van der Waals surface area contributed by atoms with Crippen molar-refractivity contribution in [3.8, 4) is 28.6 Å². The van der Waals surface area contributed by atoms with Crippen LogP contribution in [0.4, 0.5) is 5.69 Å². The highest BCUT2D eigenvalue weighted by molar-refractivity contribution is 7.90. The van der Waals surface area contributed by atoms with Gasteiger partial charge in [-0.05, 0) is 60.6 Å². The van der Waals surface area contributed by atoms with Gasteiger partial charge in [0, 0.05) is 45.2 Å². The molecule has 1 atom stereocenters. The Bertz CT molecular complexity index is 1770. The molecule has 1 saturated heterocycles. The fourth-order valence-corrected chi connectivity index (χ4v) is 6.12. The van der Waals surface area contributed by atoms with E-state index in [9.17, 15) is 18.5 Å². The Balaban J connectivity index is 1.31. The van der Waals surface area contributed by atoms with E-state index in [2.05, 4.69) is 15.4 Å². The lowest BCUT2D eigenvalue weighted by Gasteiger charge is -2.18. The van der Waals surface area contributed by atoms with Gasteiger partial charge in [-0.2, -0.15) is 18.0 Å². The summed E-state index contributed by atoms with van der Waals surface area (Å²) in [5.74, 6) is 1.58. The molecule has 1 N–H and O–H groups in total. The van der Waals surface area contributed by atoms with Gasteiger partial charge < -0.3 is 9.47 Å². The summed E-state index contributed by atoms with van der Waals surface area (Å²) in [6, 6.07) is 23.2. The minimum atomic E-state index is -3.61. The molecule has 9 nitrogen and oxygen atoms in total. The third kappa shape index (κ3) is 5.43. The number of likely N-dealkylation sites (tertiary alicyclic amines) is 1. The van der Waals surface area contributed by atoms with E-state index in [-0.39, 0.29) is 17.7 Å². The van der Waals surface area contributed by atoms with Gasteiger partial charge in [-0.25, -0.2) is 4.98 Å². The molecule has 0 radical (unpaired) electrons. The first-order chi connectivity index (χ1) is 19.7. The molecule has 0 spiro atoms. The number of nitrogens with zero attached hydrogens (tertiary/aromatic N) is 5. The average molecular weight is 569 g/mol. The molecular weight excluding hydrogens is 536 g/mol. The molecule has 10 heteroatoms. The Hall–Kier alpha value is -4.20. The summed E-state index contributed by atoms with van der Waals surface area (Å²) in [6.45, 7) is 2.19. The highest BCUT2D eigenvalue weighted by Gasteiger charge is 2.37. The van der Waals surface area contributed by atoms with Crippen molar-refractivity contribution in [3.63, 3.8) is 0 Å². The quantitative estimate of drug-likeness (QED) is 0.331. The van der Waals surface area contributed by atoms with Crippen molar-refractivity contribution in [3.05, 3.63) is 72.3 Å². The summed E-state index contributed by atoms with van der Waals surface area (Å²) in [6.07, 6.45) is 2.95. The van der Waals surface area contributed by atoms with Crippen molar-refractivity contribution in [1.82, 2.24) is 18.8 Å². The predicted octanol–water partition coefficient (Wildman–Crippen LogP) is 4.72. The molecule has 2 heterocycles. The number of amides is 1. The van der Waals surface area contributed by atoms with Crippen LogP contribution >= 0.6 is 0 Å². The standard InChI is InChI=1S/C31H32N6O3S/c1-35(2)41(39,40)34-27-7-3-5-25(17-27)22-9-11-23(12-10-22)30-33-28-8-4-6-26(18-32)29(28)37(30)20-21-15-16-36(19-21)31(38)24-13-14-24/h3-12,17,21,24,34H,13-16,19-20H2,1-2H3/t21-/m1/s1. The Labute approximate surface area is 240 Å². The number of fused-ring (bicyclic) bond motifs is 1. The van der Waals surface area contributed by atoms with Crippen LogP contribution in [0.3, 0.4) is 0 Å². The summed E-state index contributed by atoms with van der Waals surface area (Å²) < 4.78 is 30.4. The number of aromatic nitrogens is 2. The molecule has 1 amide bonds. The van der Waals surface area contributed by atoms with Crippen molar-refractivity contribution >= 4 is 32.8 Å². The second kappa shape index (κ2) is 10.7. The third-order valence-corrected chi connectivity index (χ3v) is 9.37. The first-order valence-electron chi connectivity index (χ1n) is 13.8. The Kier molecular flexibility index (Phi) is 7.01. The van der Waals surface area contributed by atoms with Crippen LogP contribution < -0.4 is 4.72 Å². The average Bonchev–Trinajstić information content (AvgIpc) is 3.61. The lowest BCUT2D eigenvalue weighted by Crippen LogP contribution is -2.30. The van der Waals surface area contributed by atoms with Crippen LogP contribution in [-0.2, 0) is 21.5 Å². The number of benzene rings is 3. The van der Waals surface area contributed by atoms with E-state index in [0.29, 0.717) is 17.8 Å². The largest absolute Gasteiger partial charge is 0.342 e. The van der Waals surface area contributed by atoms with E-state index < -0.39 is 10.2 Å². The normalized spacial score (nSPS) is 17.2. The maximum atomic E-state index is 12.7. The van der Waals surface area contributed by atoms with Gasteiger partial charge >= 0.3 is 10.2 Å². The number of imidazole rings is 1. The molecule has 41 heavy (non-hydrogen) atoms. The topological polar surface area (TPSA) is 111 Å². The molecule has 3 aromatic carbocycles. The second-order valence-electron chi connectivity index (χ2n) is 11.1. The van der Waals surface area contributed by atoms with Crippen molar-refractivity contribution in [2.45, 2.75) is 25.8 Å². The molecular formula is C31H32N6O3S. The Morgan fingerprint density at radius 1 is 1.02 bits per heavy atom. The van der Waals surface area contributed by atoms with Gasteiger partial charge in [0.1, 0.15) is 11.9 Å².